The number of ether oxygens (including phenoxy) is 1. The van der Waals surface area contributed by atoms with Crippen LogP contribution in [-0.4, -0.2) is 24.1 Å². The van der Waals surface area contributed by atoms with Gasteiger partial charge in [0.25, 0.3) is 0 Å². The molecular formula is C45H28N6O. The van der Waals surface area contributed by atoms with E-state index in [1.165, 1.54) is 0 Å². The maximum atomic E-state index is 6.30. The van der Waals surface area contributed by atoms with Gasteiger partial charge in [-0.3, -0.25) is 14.0 Å². The van der Waals surface area contributed by atoms with Gasteiger partial charge in [0, 0.05) is 33.3 Å². The fraction of sp³-hybridized carbons (Fsp3) is 0. The summed E-state index contributed by atoms with van der Waals surface area (Å²) >= 11 is 0. The third kappa shape index (κ3) is 4.17. The predicted molar refractivity (Wildman–Crippen MR) is 209 cm³/mol. The first-order chi connectivity index (χ1) is 25.8. The Morgan fingerprint density at radius 1 is 0.423 bits per heavy atom. The van der Waals surface area contributed by atoms with Gasteiger partial charge in [-0.05, 0) is 66.7 Å². The quantitative estimate of drug-likeness (QED) is 0.187. The summed E-state index contributed by atoms with van der Waals surface area (Å²) in [4.78, 5) is 17.5. The SMILES string of the molecule is c1ccc(-c2ccnc(-n3c4ccccc4c4c5c6ccccc6n(-c6cccc(N7c8ccccc8Oc8ccccc87)n6)c5ccc43)n2)cc1. The predicted octanol–water partition coefficient (Wildman–Crippen LogP) is 11.3. The molecule has 6 aromatic carbocycles. The summed E-state index contributed by atoms with van der Waals surface area (Å²) < 4.78 is 10.8. The maximum Gasteiger partial charge on any atom is 0.235 e. The van der Waals surface area contributed by atoms with Gasteiger partial charge in [-0.25, -0.2) is 15.0 Å². The molecule has 1 aliphatic rings. The Bertz CT molecular complexity index is 2970. The largest absolute Gasteiger partial charge is 0.453 e. The van der Waals surface area contributed by atoms with Crippen molar-refractivity contribution >= 4 is 60.8 Å². The van der Waals surface area contributed by atoms with Crippen LogP contribution < -0.4 is 9.64 Å². The Hall–Kier alpha value is -7.25. The number of hydrogen-bond acceptors (Lipinski definition) is 5. The molecule has 0 fully saturated rings. The van der Waals surface area contributed by atoms with Crippen molar-refractivity contribution in [2.24, 2.45) is 0 Å². The van der Waals surface area contributed by atoms with Crippen LogP contribution >= 0.6 is 0 Å². The summed E-state index contributed by atoms with van der Waals surface area (Å²) in [5, 5.41) is 4.61. The lowest BCUT2D eigenvalue weighted by molar-refractivity contribution is 0.476. The van der Waals surface area contributed by atoms with Gasteiger partial charge in [-0.1, -0.05) is 97.1 Å². The number of nitrogens with zero attached hydrogens (tertiary/aromatic N) is 6. The van der Waals surface area contributed by atoms with Crippen LogP contribution in [0.4, 0.5) is 17.2 Å². The van der Waals surface area contributed by atoms with E-state index in [0.29, 0.717) is 5.95 Å². The lowest BCUT2D eigenvalue weighted by Crippen LogP contribution is -2.17. The molecule has 0 aliphatic carbocycles. The minimum Gasteiger partial charge on any atom is -0.453 e. The van der Waals surface area contributed by atoms with E-state index >= 15 is 0 Å². The van der Waals surface area contributed by atoms with Crippen LogP contribution in [0.25, 0.3) is 66.6 Å². The summed E-state index contributed by atoms with van der Waals surface area (Å²) in [5.74, 6) is 3.85. The zero-order valence-electron chi connectivity index (χ0n) is 27.8. The van der Waals surface area contributed by atoms with E-state index in [1.54, 1.807) is 0 Å². The minimum absolute atomic E-state index is 0.635. The summed E-state index contributed by atoms with van der Waals surface area (Å²) in [7, 11) is 0. The Labute approximate surface area is 298 Å². The average Bonchev–Trinajstić information content (AvgIpc) is 3.73. The van der Waals surface area contributed by atoms with Gasteiger partial charge in [-0.15, -0.1) is 0 Å². The van der Waals surface area contributed by atoms with Crippen molar-refractivity contribution in [2.45, 2.75) is 0 Å². The number of hydrogen-bond donors (Lipinski definition) is 0. The van der Waals surface area contributed by atoms with E-state index in [-0.39, 0.29) is 0 Å². The molecule has 0 saturated carbocycles. The Kier molecular flexibility index (Phi) is 6.12. The molecule has 4 aromatic heterocycles. The standard InChI is InChI=1S/C45H28N6O/c1-2-13-29(14-3-1)32-27-28-46-45(47-32)51-34-18-7-5-16-31(34)44-38(51)26-25-37-43(44)30-15-4-6-17-33(30)49(37)41-23-12-24-42(48-41)50-35-19-8-10-21-39(35)52-40-22-11-9-20-36(40)50/h1-28H. The van der Waals surface area contributed by atoms with Crippen molar-refractivity contribution in [3.63, 3.8) is 0 Å². The molecule has 244 valence electrons. The van der Waals surface area contributed by atoms with Crippen molar-refractivity contribution in [2.75, 3.05) is 4.90 Å². The lowest BCUT2D eigenvalue weighted by Gasteiger charge is -2.32. The summed E-state index contributed by atoms with van der Waals surface area (Å²) in [6, 6.07) is 56.2. The maximum absolute atomic E-state index is 6.30. The molecule has 0 saturated heterocycles. The van der Waals surface area contributed by atoms with E-state index in [4.69, 9.17) is 19.7 Å². The molecule has 0 radical (unpaired) electrons. The Balaban J connectivity index is 1.16. The molecule has 7 heteroatoms. The molecule has 0 amide bonds. The first-order valence-corrected chi connectivity index (χ1v) is 17.3. The number of anilines is 3. The van der Waals surface area contributed by atoms with E-state index in [2.05, 4.69) is 117 Å². The molecule has 0 atom stereocenters. The fourth-order valence-electron chi connectivity index (χ4n) is 7.82. The molecule has 11 rings (SSSR count). The summed E-state index contributed by atoms with van der Waals surface area (Å²) in [5.41, 5.74) is 8.07. The zero-order chi connectivity index (χ0) is 34.2. The zero-order valence-corrected chi connectivity index (χ0v) is 27.8. The highest BCUT2D eigenvalue weighted by molar-refractivity contribution is 6.28. The second kappa shape index (κ2) is 11.1. The molecule has 10 aromatic rings. The number of para-hydroxylation sites is 6. The molecular weight excluding hydrogens is 641 g/mol. The highest BCUT2D eigenvalue weighted by Crippen LogP contribution is 2.50. The van der Waals surface area contributed by atoms with Gasteiger partial charge in [0.05, 0.1) is 39.1 Å². The topological polar surface area (TPSA) is 61.0 Å². The smallest absolute Gasteiger partial charge is 0.235 e. The van der Waals surface area contributed by atoms with Crippen LogP contribution in [0.1, 0.15) is 0 Å². The highest BCUT2D eigenvalue weighted by Gasteiger charge is 2.27. The van der Waals surface area contributed by atoms with Crippen molar-refractivity contribution in [1.82, 2.24) is 24.1 Å². The van der Waals surface area contributed by atoms with Crippen molar-refractivity contribution < 1.29 is 4.74 Å². The normalized spacial score (nSPS) is 12.3. The van der Waals surface area contributed by atoms with Gasteiger partial charge in [0.15, 0.2) is 11.5 Å². The van der Waals surface area contributed by atoms with Gasteiger partial charge >= 0.3 is 0 Å². The number of fused-ring (bicyclic) bond motifs is 9. The number of pyridine rings is 1. The van der Waals surface area contributed by atoms with Gasteiger partial charge < -0.3 is 4.74 Å². The second-order valence-corrected chi connectivity index (χ2v) is 12.9. The number of benzene rings is 6. The van der Waals surface area contributed by atoms with Crippen molar-refractivity contribution in [1.29, 1.82) is 0 Å². The third-order valence-electron chi connectivity index (χ3n) is 9.99. The minimum atomic E-state index is 0.635. The van der Waals surface area contributed by atoms with Crippen molar-refractivity contribution in [3.8, 4) is 34.5 Å². The first kappa shape index (κ1) is 28.6. The van der Waals surface area contributed by atoms with E-state index in [1.807, 2.05) is 66.9 Å². The molecule has 7 nitrogen and oxygen atoms in total. The number of rotatable bonds is 4. The molecule has 0 spiro atoms. The molecule has 0 unspecified atom stereocenters. The van der Waals surface area contributed by atoms with E-state index < -0.39 is 0 Å². The highest BCUT2D eigenvalue weighted by atomic mass is 16.5. The molecule has 1 aliphatic heterocycles. The second-order valence-electron chi connectivity index (χ2n) is 12.9. The van der Waals surface area contributed by atoms with Crippen LogP contribution in [-0.2, 0) is 0 Å². The fourth-order valence-corrected chi connectivity index (χ4v) is 7.82. The van der Waals surface area contributed by atoms with Crippen molar-refractivity contribution in [3.05, 3.63) is 170 Å². The third-order valence-corrected chi connectivity index (χ3v) is 9.99. The van der Waals surface area contributed by atoms with Crippen LogP contribution in [0.3, 0.4) is 0 Å². The Morgan fingerprint density at radius 2 is 1.00 bits per heavy atom. The lowest BCUT2D eigenvalue weighted by atomic mass is 10.1. The summed E-state index contributed by atoms with van der Waals surface area (Å²) in [6.45, 7) is 0. The van der Waals surface area contributed by atoms with Crippen LogP contribution in [0.2, 0.25) is 0 Å². The molecule has 52 heavy (non-hydrogen) atoms. The number of aromatic nitrogens is 5. The monoisotopic (exact) mass is 668 g/mol. The molecule has 0 N–H and O–H groups in total. The van der Waals surface area contributed by atoms with Gasteiger partial charge in [0.1, 0.15) is 11.6 Å². The molecule has 0 bridgehead atoms. The van der Waals surface area contributed by atoms with Gasteiger partial charge in [-0.2, -0.15) is 0 Å². The Morgan fingerprint density at radius 3 is 1.71 bits per heavy atom. The van der Waals surface area contributed by atoms with Gasteiger partial charge in [0.2, 0.25) is 5.95 Å². The first-order valence-electron chi connectivity index (χ1n) is 17.3. The van der Waals surface area contributed by atoms with Crippen LogP contribution in [0.15, 0.2) is 170 Å². The average molecular weight is 669 g/mol. The molecule has 5 heterocycles. The van der Waals surface area contributed by atoms with Crippen LogP contribution in [0, 0.1) is 0 Å². The van der Waals surface area contributed by atoms with E-state index in [0.717, 1.165) is 89.4 Å². The summed E-state index contributed by atoms with van der Waals surface area (Å²) in [6.07, 6.45) is 1.85. The van der Waals surface area contributed by atoms with Crippen LogP contribution in [0.5, 0.6) is 11.5 Å². The van der Waals surface area contributed by atoms with E-state index in [9.17, 15) is 0 Å².